The molecule has 0 saturated heterocycles. The number of ether oxygens (including phenoxy) is 1. The number of fused-ring (bicyclic) bond motifs is 1. The van der Waals surface area contributed by atoms with Crippen molar-refractivity contribution in [2.45, 2.75) is 6.42 Å². The molecule has 0 unspecified atom stereocenters. The lowest BCUT2D eigenvalue weighted by Gasteiger charge is -1.98. The fourth-order valence-electron chi connectivity index (χ4n) is 1.69. The number of carbonyl (C=O) groups is 3. The number of ketones is 2. The number of hydrogen-bond donors (Lipinski definition) is 1. The van der Waals surface area contributed by atoms with E-state index in [0.717, 1.165) is 5.52 Å². The van der Waals surface area contributed by atoms with Crippen LogP contribution in [0.5, 0.6) is 0 Å². The molecule has 2 rings (SSSR count). The van der Waals surface area contributed by atoms with E-state index in [2.05, 4.69) is 9.72 Å². The molecule has 0 bridgehead atoms. The van der Waals surface area contributed by atoms with Crippen molar-refractivity contribution in [1.82, 2.24) is 4.98 Å². The minimum absolute atomic E-state index is 0.277. The second-order valence-corrected chi connectivity index (χ2v) is 3.75. The van der Waals surface area contributed by atoms with Gasteiger partial charge < -0.3 is 9.72 Å². The van der Waals surface area contributed by atoms with Crippen LogP contribution in [0.2, 0.25) is 0 Å². The third kappa shape index (κ3) is 2.15. The number of carbonyl (C=O) groups excluding carboxylic acids is 3. The van der Waals surface area contributed by atoms with Gasteiger partial charge in [-0.1, -0.05) is 18.2 Å². The number of H-pyrrole nitrogens is 1. The van der Waals surface area contributed by atoms with Crippen molar-refractivity contribution < 1.29 is 19.1 Å². The first-order chi connectivity index (χ1) is 8.63. The summed E-state index contributed by atoms with van der Waals surface area (Å²) in [5.74, 6) is -2.17. The van der Waals surface area contributed by atoms with E-state index in [9.17, 15) is 14.4 Å². The lowest BCUT2D eigenvalue weighted by Crippen LogP contribution is -2.18. The highest BCUT2D eigenvalue weighted by molar-refractivity contribution is 6.47. The Hall–Kier alpha value is -2.43. The van der Waals surface area contributed by atoms with E-state index in [1.165, 1.54) is 13.3 Å². The van der Waals surface area contributed by atoms with Crippen LogP contribution in [0, 0.1) is 0 Å². The maximum Gasteiger partial charge on any atom is 0.313 e. The first-order valence-corrected chi connectivity index (χ1v) is 5.34. The van der Waals surface area contributed by atoms with Gasteiger partial charge in [0.05, 0.1) is 12.7 Å². The number of methoxy groups -OCH3 is 1. The molecular weight excluding hydrogens is 234 g/mol. The van der Waals surface area contributed by atoms with Crippen molar-refractivity contribution in [2.75, 3.05) is 7.11 Å². The summed E-state index contributed by atoms with van der Waals surface area (Å²) in [6, 6.07) is 7.14. The molecule has 1 N–H and O–H groups in total. The van der Waals surface area contributed by atoms with Gasteiger partial charge in [0.15, 0.2) is 0 Å². The highest BCUT2D eigenvalue weighted by Gasteiger charge is 2.22. The number of hydrogen-bond acceptors (Lipinski definition) is 4. The zero-order valence-corrected chi connectivity index (χ0v) is 9.73. The lowest BCUT2D eigenvalue weighted by atomic mass is 10.0. The summed E-state index contributed by atoms with van der Waals surface area (Å²) in [6.07, 6.45) is 0.941. The molecule has 0 fully saturated rings. The van der Waals surface area contributed by atoms with Crippen LogP contribution < -0.4 is 0 Å². The Morgan fingerprint density at radius 3 is 2.67 bits per heavy atom. The van der Waals surface area contributed by atoms with Crippen LogP contribution in [0.3, 0.4) is 0 Å². The summed E-state index contributed by atoms with van der Waals surface area (Å²) in [7, 11) is 1.17. The van der Waals surface area contributed by atoms with E-state index < -0.39 is 24.0 Å². The second-order valence-electron chi connectivity index (χ2n) is 3.75. The Labute approximate surface area is 103 Å². The summed E-state index contributed by atoms with van der Waals surface area (Å²) >= 11 is 0. The molecule has 0 aliphatic carbocycles. The fourth-order valence-corrected chi connectivity index (χ4v) is 1.69. The maximum absolute atomic E-state index is 11.9. The highest BCUT2D eigenvalue weighted by Crippen LogP contribution is 2.18. The van der Waals surface area contributed by atoms with Crippen molar-refractivity contribution in [1.29, 1.82) is 0 Å². The van der Waals surface area contributed by atoms with E-state index in [1.54, 1.807) is 18.2 Å². The smallest absolute Gasteiger partial charge is 0.313 e. The highest BCUT2D eigenvalue weighted by atomic mass is 16.5. The Balaban J connectivity index is 2.29. The van der Waals surface area contributed by atoms with Gasteiger partial charge in [0.1, 0.15) is 6.42 Å². The molecular formula is C13H11NO4. The average Bonchev–Trinajstić information content (AvgIpc) is 2.81. The molecule has 5 nitrogen and oxygen atoms in total. The number of Topliss-reactive ketones (excluding diaryl/α,β-unsaturated/α-hetero) is 2. The fraction of sp³-hybridized carbons (Fsp3) is 0.154. The number of aromatic nitrogens is 1. The molecule has 1 aromatic heterocycles. The summed E-state index contributed by atoms with van der Waals surface area (Å²) in [5, 5.41) is 0.667. The van der Waals surface area contributed by atoms with Gasteiger partial charge in [-0.15, -0.1) is 0 Å². The van der Waals surface area contributed by atoms with Crippen LogP contribution in [0.25, 0.3) is 10.9 Å². The average molecular weight is 245 g/mol. The van der Waals surface area contributed by atoms with E-state index >= 15 is 0 Å². The number of esters is 1. The number of aromatic amines is 1. The van der Waals surface area contributed by atoms with Crippen molar-refractivity contribution >= 4 is 28.4 Å². The minimum atomic E-state index is -0.772. The molecule has 2 aromatic rings. The quantitative estimate of drug-likeness (QED) is 0.383. The monoisotopic (exact) mass is 245 g/mol. The summed E-state index contributed by atoms with van der Waals surface area (Å²) < 4.78 is 4.36. The van der Waals surface area contributed by atoms with E-state index in [-0.39, 0.29) is 5.56 Å². The van der Waals surface area contributed by atoms with Crippen molar-refractivity contribution in [3.63, 3.8) is 0 Å². The predicted octanol–water partition coefficient (Wildman–Crippen LogP) is 1.48. The van der Waals surface area contributed by atoms with Crippen molar-refractivity contribution in [3.8, 4) is 0 Å². The molecule has 0 spiro atoms. The van der Waals surface area contributed by atoms with Gasteiger partial charge in [-0.2, -0.15) is 0 Å². The van der Waals surface area contributed by atoms with E-state index in [1.807, 2.05) is 6.07 Å². The first-order valence-electron chi connectivity index (χ1n) is 5.34. The standard InChI is InChI=1S/C13H11NO4/c1-18-12(16)6-11(15)13(17)9-7-14-10-5-3-2-4-8(9)10/h2-5,7,14H,6H2,1H3. The molecule has 18 heavy (non-hydrogen) atoms. The Morgan fingerprint density at radius 2 is 1.94 bits per heavy atom. The first kappa shape index (κ1) is 12.0. The van der Waals surface area contributed by atoms with Crippen LogP contribution in [-0.4, -0.2) is 29.6 Å². The molecule has 5 heteroatoms. The largest absolute Gasteiger partial charge is 0.469 e. The molecule has 1 heterocycles. The minimum Gasteiger partial charge on any atom is -0.469 e. The van der Waals surface area contributed by atoms with Crippen LogP contribution in [0.4, 0.5) is 0 Å². The molecule has 1 aromatic carbocycles. The van der Waals surface area contributed by atoms with E-state index in [0.29, 0.717) is 5.39 Å². The third-order valence-electron chi connectivity index (χ3n) is 2.62. The number of nitrogens with one attached hydrogen (secondary N) is 1. The van der Waals surface area contributed by atoms with Gasteiger partial charge in [0, 0.05) is 17.1 Å². The Morgan fingerprint density at radius 1 is 1.22 bits per heavy atom. The maximum atomic E-state index is 11.9. The van der Waals surface area contributed by atoms with Crippen LogP contribution >= 0.6 is 0 Å². The predicted molar refractivity (Wildman–Crippen MR) is 64.3 cm³/mol. The molecule has 0 atom stereocenters. The molecule has 0 saturated carbocycles. The molecule has 0 radical (unpaired) electrons. The number of benzene rings is 1. The van der Waals surface area contributed by atoms with Gasteiger partial charge in [-0.3, -0.25) is 14.4 Å². The summed E-state index contributed by atoms with van der Waals surface area (Å²) in [6.45, 7) is 0. The molecule has 0 amide bonds. The lowest BCUT2D eigenvalue weighted by molar-refractivity contribution is -0.142. The summed E-state index contributed by atoms with van der Waals surface area (Å²) in [4.78, 5) is 37.3. The van der Waals surface area contributed by atoms with Gasteiger partial charge in [0.2, 0.25) is 11.6 Å². The van der Waals surface area contributed by atoms with Gasteiger partial charge in [-0.25, -0.2) is 0 Å². The third-order valence-corrected chi connectivity index (χ3v) is 2.62. The zero-order chi connectivity index (χ0) is 13.1. The van der Waals surface area contributed by atoms with Gasteiger partial charge in [-0.05, 0) is 6.07 Å². The van der Waals surface area contributed by atoms with Gasteiger partial charge >= 0.3 is 5.97 Å². The van der Waals surface area contributed by atoms with Crippen molar-refractivity contribution in [2.24, 2.45) is 0 Å². The van der Waals surface area contributed by atoms with Crippen molar-refractivity contribution in [3.05, 3.63) is 36.0 Å². The molecule has 0 aliphatic heterocycles. The number of para-hydroxylation sites is 1. The van der Waals surface area contributed by atoms with Crippen LogP contribution in [-0.2, 0) is 14.3 Å². The van der Waals surface area contributed by atoms with Crippen LogP contribution in [0.1, 0.15) is 16.8 Å². The van der Waals surface area contributed by atoms with E-state index in [4.69, 9.17) is 0 Å². The second kappa shape index (κ2) is 4.83. The molecule has 0 aliphatic rings. The topological polar surface area (TPSA) is 76.2 Å². The SMILES string of the molecule is COC(=O)CC(=O)C(=O)c1c[nH]c2ccccc12. The Kier molecular flexibility index (Phi) is 3.23. The Bertz CT molecular complexity index is 627. The zero-order valence-electron chi connectivity index (χ0n) is 9.73. The normalized spacial score (nSPS) is 10.3. The number of rotatable bonds is 4. The molecule has 92 valence electrons. The summed E-state index contributed by atoms with van der Waals surface area (Å²) in [5.41, 5.74) is 1.05. The van der Waals surface area contributed by atoms with Crippen LogP contribution in [0.15, 0.2) is 30.5 Å². The van der Waals surface area contributed by atoms with Gasteiger partial charge in [0.25, 0.3) is 0 Å².